The van der Waals surface area contributed by atoms with Crippen LogP contribution >= 0.6 is 22.9 Å². The first kappa shape index (κ1) is 28.5. The minimum Gasteiger partial charge on any atom is -0.477 e. The van der Waals surface area contributed by atoms with E-state index in [0.717, 1.165) is 29.0 Å². The number of hydrogen-bond donors (Lipinski definition) is 1. The molecule has 3 aromatic carbocycles. The Balaban J connectivity index is 1.58. The highest BCUT2D eigenvalue weighted by Crippen LogP contribution is 2.39. The van der Waals surface area contributed by atoms with Crippen LogP contribution < -0.4 is 4.90 Å². The van der Waals surface area contributed by atoms with Crippen molar-refractivity contribution < 1.29 is 43.9 Å². The van der Waals surface area contributed by atoms with E-state index in [9.17, 15) is 27.9 Å². The van der Waals surface area contributed by atoms with Gasteiger partial charge in [0.25, 0.3) is 5.91 Å². The van der Waals surface area contributed by atoms with Gasteiger partial charge in [-0.25, -0.2) is 4.79 Å². The van der Waals surface area contributed by atoms with E-state index in [2.05, 4.69) is 0 Å². The average molecular weight is 617 g/mol. The van der Waals surface area contributed by atoms with Crippen LogP contribution in [0.3, 0.4) is 0 Å². The number of amides is 1. The lowest BCUT2D eigenvalue weighted by Gasteiger charge is -2.22. The molecule has 2 heterocycles. The lowest BCUT2D eigenvalue weighted by Crippen LogP contribution is -2.31. The van der Waals surface area contributed by atoms with Crippen molar-refractivity contribution in [3.63, 3.8) is 0 Å². The van der Waals surface area contributed by atoms with Crippen LogP contribution in [0.15, 0.2) is 95.4 Å². The first-order valence-electron chi connectivity index (χ1n) is 12.0. The molecule has 0 saturated heterocycles. The van der Waals surface area contributed by atoms with E-state index >= 15 is 0 Å². The Labute approximate surface area is 246 Å². The molecule has 0 spiro atoms. The number of anilines is 1. The normalized spacial score (nSPS) is 11.4. The van der Waals surface area contributed by atoms with Crippen molar-refractivity contribution in [2.24, 2.45) is 0 Å². The Hall–Kier alpha value is -4.05. The summed E-state index contributed by atoms with van der Waals surface area (Å²) >= 11 is 12.5. The Bertz CT molecular complexity index is 1750. The standard InChI is InChI=1S/C30H18Cl2F3NO4S/c31-20-9-11-22(23(32)14-20)28(37)36(24-15-26(41-27(24)29(38)39)17-5-2-1-3-6-17)16-21-10-12-25(40-21)18-7-4-8-19(13-18)30(33,34)35/h1-15,31H,16H2/p+1. The van der Waals surface area contributed by atoms with Crippen molar-refractivity contribution in [1.29, 1.82) is 0 Å². The van der Waals surface area contributed by atoms with Crippen molar-refractivity contribution in [3.05, 3.63) is 123 Å². The van der Waals surface area contributed by atoms with Crippen LogP contribution in [0.25, 0.3) is 21.8 Å². The van der Waals surface area contributed by atoms with Crippen molar-refractivity contribution >= 4 is 40.5 Å². The van der Waals surface area contributed by atoms with Gasteiger partial charge in [-0.05, 0) is 42.0 Å². The van der Waals surface area contributed by atoms with E-state index < -0.39 is 23.6 Å². The van der Waals surface area contributed by atoms with Gasteiger partial charge >= 0.3 is 12.1 Å². The van der Waals surface area contributed by atoms with E-state index in [4.69, 9.17) is 27.6 Å². The average Bonchev–Trinajstić information content (AvgIpc) is 3.59. The molecule has 5 aromatic rings. The molecule has 1 amide bonds. The molecule has 0 bridgehead atoms. The lowest BCUT2D eigenvalue weighted by atomic mass is 10.1. The fourth-order valence-corrected chi connectivity index (χ4v) is 5.70. The molecule has 0 unspecified atom stereocenters. The van der Waals surface area contributed by atoms with Crippen LogP contribution in [0, 0.1) is 11.6 Å². The molecule has 2 aromatic heterocycles. The molecular formula is C30H19Cl2F3NO4S+. The van der Waals surface area contributed by atoms with Gasteiger partial charge in [-0.15, -0.1) is 11.3 Å². The van der Waals surface area contributed by atoms with E-state index in [1.807, 2.05) is 30.3 Å². The summed E-state index contributed by atoms with van der Waals surface area (Å²) in [4.78, 5) is 28.0. The Kier molecular flexibility index (Phi) is 7.95. The lowest BCUT2D eigenvalue weighted by molar-refractivity contribution is -0.288. The summed E-state index contributed by atoms with van der Waals surface area (Å²) in [6.07, 6.45) is -4.53. The molecule has 11 heteroatoms. The Morgan fingerprint density at radius 3 is 2.34 bits per heavy atom. The van der Waals surface area contributed by atoms with Crippen LogP contribution in [-0.2, 0) is 12.7 Å². The van der Waals surface area contributed by atoms with Crippen LogP contribution in [0.4, 0.5) is 18.9 Å². The summed E-state index contributed by atoms with van der Waals surface area (Å²) in [6.45, 7) is -0.227. The van der Waals surface area contributed by atoms with Crippen molar-refractivity contribution in [3.8, 4) is 21.8 Å². The topological polar surface area (TPSA) is 70.8 Å². The van der Waals surface area contributed by atoms with Gasteiger partial charge in [0.15, 0.2) is 11.6 Å². The van der Waals surface area contributed by atoms with Crippen LogP contribution in [0.2, 0.25) is 10.0 Å². The fourth-order valence-electron chi connectivity index (χ4n) is 4.18. The van der Waals surface area contributed by atoms with E-state index in [0.29, 0.717) is 9.90 Å². The first-order valence-corrected chi connectivity index (χ1v) is 13.6. The molecule has 0 radical (unpaired) electrons. The maximum atomic E-state index is 13.9. The van der Waals surface area contributed by atoms with Gasteiger partial charge in [0.05, 0.1) is 28.4 Å². The van der Waals surface area contributed by atoms with Crippen LogP contribution in [-0.4, -0.2) is 17.0 Å². The zero-order valence-corrected chi connectivity index (χ0v) is 23.2. The predicted molar refractivity (Wildman–Crippen MR) is 148 cm³/mol. The van der Waals surface area contributed by atoms with Crippen LogP contribution in [0.1, 0.15) is 31.4 Å². The van der Waals surface area contributed by atoms with Gasteiger partial charge in [0.1, 0.15) is 16.4 Å². The third-order valence-corrected chi connectivity index (χ3v) is 7.85. The number of aromatic carboxylic acids is 1. The van der Waals surface area contributed by atoms with Gasteiger partial charge in [-0.1, -0.05) is 54.1 Å². The summed E-state index contributed by atoms with van der Waals surface area (Å²) in [5.41, 5.74) is 0.330. The van der Waals surface area contributed by atoms with Gasteiger partial charge < -0.3 is 9.52 Å². The third kappa shape index (κ3) is 6.17. The summed E-state index contributed by atoms with van der Waals surface area (Å²) in [7, 11) is 0. The van der Waals surface area contributed by atoms with E-state index in [-0.39, 0.29) is 44.8 Å². The SMILES string of the molecule is O=C(O)c1sc(-c2ccccc2)cc1N(Cc1ccc(-c2cccc(C(F)(F)F)c2)o1)C(=O)c1ccc([ClH+])cc1Cl. The highest BCUT2D eigenvalue weighted by atomic mass is 35.5. The molecule has 0 atom stereocenters. The second kappa shape index (κ2) is 11.4. The van der Waals surface area contributed by atoms with E-state index in [1.165, 1.54) is 47.4 Å². The number of thiophene rings is 1. The molecule has 5 rings (SSSR count). The number of carbonyl (C=O) groups excluding carboxylic acids is 1. The predicted octanol–water partition coefficient (Wildman–Crippen LogP) is 8.59. The van der Waals surface area contributed by atoms with Crippen molar-refractivity contribution in [1.82, 2.24) is 0 Å². The quantitative estimate of drug-likeness (QED) is 0.199. The summed E-state index contributed by atoms with van der Waals surface area (Å²) in [6, 6.07) is 22.8. The molecule has 0 fully saturated rings. The van der Waals surface area contributed by atoms with Gasteiger partial charge in [0, 0.05) is 22.6 Å². The largest absolute Gasteiger partial charge is 0.477 e. The number of nitrogens with zero attached hydrogens (tertiary/aromatic N) is 1. The monoisotopic (exact) mass is 616 g/mol. The highest BCUT2D eigenvalue weighted by molar-refractivity contribution is 7.18. The highest BCUT2D eigenvalue weighted by Gasteiger charge is 2.31. The van der Waals surface area contributed by atoms with Crippen molar-refractivity contribution in [2.45, 2.75) is 12.7 Å². The zero-order chi connectivity index (χ0) is 29.3. The van der Waals surface area contributed by atoms with E-state index in [1.54, 1.807) is 6.07 Å². The zero-order valence-electron chi connectivity index (χ0n) is 20.8. The number of carboxylic acid groups (broad SMARTS) is 1. The molecule has 41 heavy (non-hydrogen) atoms. The number of alkyl halides is 3. The molecule has 1 N–H and O–H groups in total. The number of carboxylic acids is 1. The third-order valence-electron chi connectivity index (χ3n) is 6.12. The number of hydrogen-bond acceptors (Lipinski definition) is 4. The molecule has 0 aliphatic carbocycles. The molecule has 208 valence electrons. The number of carbonyl (C=O) groups is 2. The summed E-state index contributed by atoms with van der Waals surface area (Å²) in [5, 5.41) is 10.6. The molecule has 0 aliphatic heterocycles. The number of benzene rings is 3. The fraction of sp³-hybridized carbons (Fsp3) is 0.0667. The number of halogens is 5. The smallest absolute Gasteiger partial charge is 0.416 e. The molecule has 0 aliphatic rings. The minimum absolute atomic E-state index is 0.0853. The molecule has 0 saturated carbocycles. The Morgan fingerprint density at radius 1 is 0.927 bits per heavy atom. The second-order valence-corrected chi connectivity index (χ2v) is 10.8. The molecule has 5 nitrogen and oxygen atoms in total. The first-order chi connectivity index (χ1) is 19.5. The van der Waals surface area contributed by atoms with Gasteiger partial charge in [-0.2, -0.15) is 13.2 Å². The number of furan rings is 1. The number of rotatable bonds is 7. The second-order valence-electron chi connectivity index (χ2n) is 8.87. The summed E-state index contributed by atoms with van der Waals surface area (Å²) < 4.78 is 45.6. The molecular weight excluding hydrogens is 598 g/mol. The minimum atomic E-state index is -4.53. The maximum absolute atomic E-state index is 13.9. The van der Waals surface area contributed by atoms with Crippen molar-refractivity contribution in [2.75, 3.05) is 4.90 Å². The van der Waals surface area contributed by atoms with Gasteiger partial charge in [0.2, 0.25) is 5.02 Å². The van der Waals surface area contributed by atoms with Crippen LogP contribution in [0.5, 0.6) is 0 Å². The van der Waals surface area contributed by atoms with Gasteiger partial charge in [-0.3, -0.25) is 9.69 Å². The Morgan fingerprint density at radius 2 is 1.66 bits per heavy atom. The maximum Gasteiger partial charge on any atom is 0.416 e. The summed E-state index contributed by atoms with van der Waals surface area (Å²) in [5.74, 6) is -1.48.